The van der Waals surface area contributed by atoms with Crippen LogP contribution in [0.4, 0.5) is 11.4 Å². The van der Waals surface area contributed by atoms with Crippen molar-refractivity contribution in [2.45, 2.75) is 12.8 Å². The van der Waals surface area contributed by atoms with Crippen LogP contribution in [0.25, 0.3) is 0 Å². The first kappa shape index (κ1) is 17.3. The van der Waals surface area contributed by atoms with E-state index < -0.39 is 10.8 Å². The summed E-state index contributed by atoms with van der Waals surface area (Å²) in [4.78, 5) is 22.7. The van der Waals surface area contributed by atoms with Crippen LogP contribution in [0.2, 0.25) is 0 Å². The van der Waals surface area contributed by atoms with E-state index in [9.17, 15) is 14.9 Å². The zero-order valence-corrected chi connectivity index (χ0v) is 13.6. The van der Waals surface area contributed by atoms with Crippen LogP contribution in [0.15, 0.2) is 42.5 Å². The highest BCUT2D eigenvalue weighted by Gasteiger charge is 2.18. The maximum absolute atomic E-state index is 12.5. The molecule has 0 fully saturated rings. The van der Waals surface area contributed by atoms with Crippen LogP contribution in [0, 0.1) is 10.1 Å². The van der Waals surface area contributed by atoms with Crippen molar-refractivity contribution >= 4 is 17.3 Å². The lowest BCUT2D eigenvalue weighted by molar-refractivity contribution is -0.384. The summed E-state index contributed by atoms with van der Waals surface area (Å²) in [6.07, 6.45) is 0. The van der Waals surface area contributed by atoms with Gasteiger partial charge in [-0.05, 0) is 24.6 Å². The number of nitro groups is 1. The molecule has 1 N–H and O–H groups in total. The lowest BCUT2D eigenvalue weighted by atomic mass is 10.00. The molecule has 2 rings (SSSR count). The van der Waals surface area contributed by atoms with Crippen molar-refractivity contribution < 1.29 is 19.2 Å². The number of carbonyl (C=O) groups excluding carboxylic acids is 1. The number of rotatable bonds is 6. The number of ether oxygens (including phenoxy) is 2. The molecular weight excluding hydrogens is 312 g/mol. The van der Waals surface area contributed by atoms with Crippen LogP contribution in [0.1, 0.15) is 18.4 Å². The second kappa shape index (κ2) is 7.45. The summed E-state index contributed by atoms with van der Waals surface area (Å²) < 4.78 is 10.4. The molecule has 24 heavy (non-hydrogen) atoms. The summed E-state index contributed by atoms with van der Waals surface area (Å²) in [6.45, 7) is 1.73. The molecule has 0 aromatic heterocycles. The minimum absolute atomic E-state index is 0.0131. The van der Waals surface area contributed by atoms with E-state index in [0.717, 1.165) is 0 Å². The largest absolute Gasteiger partial charge is 0.497 e. The predicted octanol–water partition coefficient (Wildman–Crippen LogP) is 3.35. The van der Waals surface area contributed by atoms with Crippen molar-refractivity contribution in [3.05, 3.63) is 58.1 Å². The van der Waals surface area contributed by atoms with E-state index >= 15 is 0 Å². The zero-order valence-electron chi connectivity index (χ0n) is 13.6. The number of anilines is 1. The number of carbonyl (C=O) groups is 1. The van der Waals surface area contributed by atoms with Gasteiger partial charge in [0, 0.05) is 18.2 Å². The number of hydrogen-bond donors (Lipinski definition) is 1. The first-order chi connectivity index (χ1) is 11.5. The highest BCUT2D eigenvalue weighted by molar-refractivity contribution is 5.97. The van der Waals surface area contributed by atoms with Gasteiger partial charge in [-0.3, -0.25) is 14.9 Å². The van der Waals surface area contributed by atoms with Crippen LogP contribution in [-0.2, 0) is 4.79 Å². The van der Waals surface area contributed by atoms with Crippen molar-refractivity contribution in [1.82, 2.24) is 0 Å². The molecule has 2 aromatic rings. The number of hydrogen-bond acceptors (Lipinski definition) is 5. The number of nitrogens with one attached hydrogen (secondary N) is 1. The fourth-order valence-electron chi connectivity index (χ4n) is 2.19. The van der Waals surface area contributed by atoms with Crippen molar-refractivity contribution in [1.29, 1.82) is 0 Å². The van der Waals surface area contributed by atoms with Gasteiger partial charge in [0.25, 0.3) is 5.69 Å². The molecule has 1 atom stereocenters. The Hall–Kier alpha value is -3.09. The third-order valence-corrected chi connectivity index (χ3v) is 3.66. The Kier molecular flexibility index (Phi) is 5.36. The van der Waals surface area contributed by atoms with Gasteiger partial charge in [0.1, 0.15) is 11.5 Å². The van der Waals surface area contributed by atoms with Crippen LogP contribution in [0.3, 0.4) is 0 Å². The maximum atomic E-state index is 12.5. The van der Waals surface area contributed by atoms with E-state index in [0.29, 0.717) is 22.7 Å². The SMILES string of the molecule is COc1ccc(OC)c(NC(=O)[C@@H](C)c2ccc([N+](=O)[O-])cc2)c1. The lowest BCUT2D eigenvalue weighted by Gasteiger charge is -2.15. The molecular formula is C17H18N2O5. The smallest absolute Gasteiger partial charge is 0.269 e. The lowest BCUT2D eigenvalue weighted by Crippen LogP contribution is -2.19. The first-order valence-corrected chi connectivity index (χ1v) is 7.23. The molecule has 0 spiro atoms. The molecule has 0 aliphatic carbocycles. The minimum atomic E-state index is -0.485. The predicted molar refractivity (Wildman–Crippen MR) is 89.7 cm³/mol. The molecule has 0 bridgehead atoms. The number of nitrogens with zero attached hydrogens (tertiary/aromatic N) is 1. The van der Waals surface area contributed by atoms with Crippen LogP contribution >= 0.6 is 0 Å². The van der Waals surface area contributed by atoms with Gasteiger partial charge in [-0.2, -0.15) is 0 Å². The molecule has 7 nitrogen and oxygen atoms in total. The van der Waals surface area contributed by atoms with Crippen LogP contribution in [0.5, 0.6) is 11.5 Å². The van der Waals surface area contributed by atoms with Gasteiger partial charge in [-0.15, -0.1) is 0 Å². The third kappa shape index (κ3) is 3.81. The Labute approximate surface area is 139 Å². The van der Waals surface area contributed by atoms with Gasteiger partial charge in [-0.25, -0.2) is 0 Å². The molecule has 1 amide bonds. The third-order valence-electron chi connectivity index (χ3n) is 3.66. The standard InChI is InChI=1S/C17H18N2O5/c1-11(12-4-6-13(7-5-12)19(21)22)17(20)18-15-10-14(23-2)8-9-16(15)24-3/h4-11H,1-3H3,(H,18,20)/t11-/m0/s1. The Morgan fingerprint density at radius 2 is 1.79 bits per heavy atom. The highest BCUT2D eigenvalue weighted by Crippen LogP contribution is 2.30. The number of benzene rings is 2. The van der Waals surface area contributed by atoms with E-state index in [1.54, 1.807) is 37.3 Å². The van der Waals surface area contributed by atoms with Crippen molar-refractivity contribution in [3.8, 4) is 11.5 Å². The van der Waals surface area contributed by atoms with Gasteiger partial charge < -0.3 is 14.8 Å². The summed E-state index contributed by atoms with van der Waals surface area (Å²) in [7, 11) is 3.05. The Morgan fingerprint density at radius 1 is 1.12 bits per heavy atom. The molecule has 0 saturated carbocycles. The van der Waals surface area contributed by atoms with Crippen LogP contribution < -0.4 is 14.8 Å². The maximum Gasteiger partial charge on any atom is 0.269 e. The molecule has 0 heterocycles. The summed E-state index contributed by atoms with van der Waals surface area (Å²) in [5.41, 5.74) is 1.16. The monoisotopic (exact) mass is 330 g/mol. The molecule has 0 radical (unpaired) electrons. The van der Waals surface area contributed by atoms with Gasteiger partial charge >= 0.3 is 0 Å². The van der Waals surface area contributed by atoms with Gasteiger partial charge in [-0.1, -0.05) is 12.1 Å². The van der Waals surface area contributed by atoms with Crippen molar-refractivity contribution in [2.75, 3.05) is 19.5 Å². The van der Waals surface area contributed by atoms with Crippen molar-refractivity contribution in [2.24, 2.45) is 0 Å². The van der Waals surface area contributed by atoms with Crippen LogP contribution in [-0.4, -0.2) is 25.1 Å². The zero-order chi connectivity index (χ0) is 17.7. The Morgan fingerprint density at radius 3 is 2.33 bits per heavy atom. The quantitative estimate of drug-likeness (QED) is 0.648. The molecule has 126 valence electrons. The molecule has 0 aliphatic rings. The minimum Gasteiger partial charge on any atom is -0.497 e. The van der Waals surface area contributed by atoms with Gasteiger partial charge in [0.2, 0.25) is 5.91 Å². The average Bonchev–Trinajstić information content (AvgIpc) is 2.60. The second-order valence-electron chi connectivity index (χ2n) is 5.13. The number of non-ortho nitro benzene ring substituents is 1. The van der Waals surface area contributed by atoms with E-state index in [-0.39, 0.29) is 11.6 Å². The molecule has 2 aromatic carbocycles. The average molecular weight is 330 g/mol. The van der Waals surface area contributed by atoms with Gasteiger partial charge in [0.15, 0.2) is 0 Å². The normalized spacial score (nSPS) is 11.5. The van der Waals surface area contributed by atoms with E-state index in [2.05, 4.69) is 5.32 Å². The summed E-state index contributed by atoms with van der Waals surface area (Å²) >= 11 is 0. The highest BCUT2D eigenvalue weighted by atomic mass is 16.6. The first-order valence-electron chi connectivity index (χ1n) is 7.23. The molecule has 0 aliphatic heterocycles. The number of methoxy groups -OCH3 is 2. The number of amides is 1. The van der Waals surface area contributed by atoms with E-state index in [1.165, 1.54) is 26.4 Å². The molecule has 0 saturated heterocycles. The fraction of sp³-hybridized carbons (Fsp3) is 0.235. The number of nitro benzene ring substituents is 1. The molecule has 0 unspecified atom stereocenters. The van der Waals surface area contributed by atoms with E-state index in [4.69, 9.17) is 9.47 Å². The summed E-state index contributed by atoms with van der Waals surface area (Å²) in [6, 6.07) is 11.0. The van der Waals surface area contributed by atoms with Crippen molar-refractivity contribution in [3.63, 3.8) is 0 Å². The van der Waals surface area contributed by atoms with E-state index in [1.807, 2.05) is 0 Å². The summed E-state index contributed by atoms with van der Waals surface area (Å²) in [5, 5.41) is 13.5. The Bertz CT molecular complexity index is 743. The fourth-order valence-corrected chi connectivity index (χ4v) is 2.19. The summed E-state index contributed by atoms with van der Waals surface area (Å²) in [5.74, 6) is 0.367. The molecule has 7 heteroatoms. The van der Waals surface area contributed by atoms with Gasteiger partial charge in [0.05, 0.1) is 30.7 Å². The second-order valence-corrected chi connectivity index (χ2v) is 5.13. The Balaban J connectivity index is 2.18. The topological polar surface area (TPSA) is 90.7 Å².